The van der Waals surface area contributed by atoms with Gasteiger partial charge >= 0.3 is 0 Å². The lowest BCUT2D eigenvalue weighted by Crippen LogP contribution is -2.32. The van der Waals surface area contributed by atoms with Crippen LogP contribution in [0.4, 0.5) is 17.2 Å². The molecule has 0 bridgehead atoms. The van der Waals surface area contributed by atoms with Crippen LogP contribution in [-0.4, -0.2) is 26.7 Å². The number of hydrogen-bond donors (Lipinski definition) is 4. The van der Waals surface area contributed by atoms with E-state index in [-0.39, 0.29) is 0 Å². The predicted molar refractivity (Wildman–Crippen MR) is 101 cm³/mol. The Morgan fingerprint density at radius 1 is 1.08 bits per heavy atom. The minimum absolute atomic E-state index is 0.339. The first-order valence-corrected chi connectivity index (χ1v) is 8.63. The van der Waals surface area contributed by atoms with Crippen molar-refractivity contribution < 1.29 is 0 Å². The summed E-state index contributed by atoms with van der Waals surface area (Å²) in [5, 5.41) is 7.91. The molecule has 0 amide bonds. The van der Waals surface area contributed by atoms with Crippen LogP contribution in [0, 0.1) is 0 Å². The summed E-state index contributed by atoms with van der Waals surface area (Å²) < 4.78 is 1.64. The molecule has 2 heterocycles. The molecule has 0 saturated heterocycles. The summed E-state index contributed by atoms with van der Waals surface area (Å²) in [6.45, 7) is 0. The molecule has 130 valence electrons. The van der Waals surface area contributed by atoms with E-state index in [1.54, 1.807) is 10.6 Å². The summed E-state index contributed by atoms with van der Waals surface area (Å²) in [6.07, 6.45) is 6.17. The van der Waals surface area contributed by atoms with Crippen molar-refractivity contribution in [2.45, 2.75) is 37.8 Å². The zero-order valence-corrected chi connectivity index (χ0v) is 14.0. The van der Waals surface area contributed by atoms with Crippen molar-refractivity contribution in [3.8, 4) is 11.3 Å². The molecule has 0 aliphatic heterocycles. The molecule has 1 aromatic carbocycles. The number of para-hydroxylation sites is 1. The highest BCUT2D eigenvalue weighted by Gasteiger charge is 2.20. The Labute approximate surface area is 146 Å². The summed E-state index contributed by atoms with van der Waals surface area (Å²) >= 11 is 0. The molecule has 25 heavy (non-hydrogen) atoms. The van der Waals surface area contributed by atoms with E-state index in [4.69, 9.17) is 17.2 Å². The lowest BCUT2D eigenvalue weighted by Gasteiger charge is -2.28. The quantitative estimate of drug-likeness (QED) is 0.582. The Bertz CT molecular complexity index is 894. The molecule has 7 heteroatoms. The van der Waals surface area contributed by atoms with Gasteiger partial charge in [-0.05, 0) is 31.7 Å². The van der Waals surface area contributed by atoms with Gasteiger partial charge in [0.1, 0.15) is 5.82 Å². The van der Waals surface area contributed by atoms with Gasteiger partial charge in [0.2, 0.25) is 0 Å². The number of nitrogens with two attached hydrogens (primary N) is 3. The highest BCUT2D eigenvalue weighted by molar-refractivity contribution is 5.79. The number of anilines is 3. The molecule has 7 nitrogen and oxygen atoms in total. The average Bonchev–Trinajstić information content (AvgIpc) is 3.01. The molecule has 7 N–H and O–H groups in total. The minimum Gasteiger partial charge on any atom is -0.396 e. The molecule has 1 fully saturated rings. The van der Waals surface area contributed by atoms with Crippen LogP contribution in [0.25, 0.3) is 16.9 Å². The predicted octanol–water partition coefficient (Wildman–Crippen LogP) is 2.24. The molecule has 0 atom stereocenters. The Balaban J connectivity index is 1.68. The van der Waals surface area contributed by atoms with E-state index in [0.717, 1.165) is 42.6 Å². The lowest BCUT2D eigenvalue weighted by atomic mass is 9.91. The van der Waals surface area contributed by atoms with E-state index in [1.807, 2.05) is 18.3 Å². The van der Waals surface area contributed by atoms with Crippen molar-refractivity contribution in [1.82, 2.24) is 14.6 Å². The normalized spacial score (nSPS) is 20.7. The van der Waals surface area contributed by atoms with Crippen LogP contribution in [0.1, 0.15) is 25.7 Å². The maximum absolute atomic E-state index is 6.02. The van der Waals surface area contributed by atoms with E-state index in [9.17, 15) is 0 Å². The molecule has 1 saturated carbocycles. The van der Waals surface area contributed by atoms with Crippen molar-refractivity contribution in [2.75, 3.05) is 16.8 Å². The maximum Gasteiger partial charge on any atom is 0.177 e. The Morgan fingerprint density at radius 2 is 1.84 bits per heavy atom. The number of aromatic nitrogens is 3. The maximum atomic E-state index is 6.02. The molecule has 4 rings (SSSR count). The third kappa shape index (κ3) is 3.10. The molecular weight excluding hydrogens is 314 g/mol. The smallest absolute Gasteiger partial charge is 0.177 e. The van der Waals surface area contributed by atoms with Gasteiger partial charge in [-0.3, -0.25) is 0 Å². The first-order valence-electron chi connectivity index (χ1n) is 8.63. The second-order valence-electron chi connectivity index (χ2n) is 6.72. The largest absolute Gasteiger partial charge is 0.396 e. The van der Waals surface area contributed by atoms with Crippen LogP contribution in [0.15, 0.2) is 36.5 Å². The number of hydrogen-bond acceptors (Lipinski definition) is 6. The van der Waals surface area contributed by atoms with Crippen LogP contribution in [0.3, 0.4) is 0 Å². The van der Waals surface area contributed by atoms with E-state index >= 15 is 0 Å². The third-order valence-electron chi connectivity index (χ3n) is 4.81. The van der Waals surface area contributed by atoms with Gasteiger partial charge in [0, 0.05) is 29.4 Å². The summed E-state index contributed by atoms with van der Waals surface area (Å²) in [7, 11) is 0. The number of rotatable bonds is 3. The molecule has 1 aliphatic carbocycles. The van der Waals surface area contributed by atoms with Crippen LogP contribution in [0.2, 0.25) is 0 Å². The SMILES string of the molecule is Nc1cc(N)c2nc(-c3ccccc3N[C@H]3CC[C@H](N)CC3)cn2n1. The van der Waals surface area contributed by atoms with Gasteiger partial charge in [0.05, 0.1) is 17.6 Å². The van der Waals surface area contributed by atoms with Gasteiger partial charge in [0.15, 0.2) is 5.65 Å². The first-order chi connectivity index (χ1) is 12.1. The van der Waals surface area contributed by atoms with Crippen LogP contribution in [-0.2, 0) is 0 Å². The highest BCUT2D eigenvalue weighted by atomic mass is 15.3. The second kappa shape index (κ2) is 6.25. The summed E-state index contributed by atoms with van der Waals surface area (Å²) in [5.74, 6) is 0.374. The third-order valence-corrected chi connectivity index (χ3v) is 4.81. The number of nitrogen functional groups attached to an aromatic ring is 2. The number of nitrogens with zero attached hydrogens (tertiary/aromatic N) is 3. The van der Waals surface area contributed by atoms with E-state index in [2.05, 4.69) is 27.5 Å². The Hall–Kier alpha value is -2.80. The summed E-state index contributed by atoms with van der Waals surface area (Å²) in [4.78, 5) is 4.65. The zero-order valence-electron chi connectivity index (χ0n) is 14.0. The standard InChI is InChI=1S/C18H23N7/c19-11-5-7-12(8-6-11)22-15-4-2-1-3-13(15)16-10-25-18(23-16)14(20)9-17(21)24-25/h1-4,9-12,22H,5-8,19-20H2,(H2,21,24)/t11-,12-. The molecule has 0 spiro atoms. The number of benzene rings is 1. The van der Waals surface area contributed by atoms with Crippen LogP contribution < -0.4 is 22.5 Å². The van der Waals surface area contributed by atoms with Crippen molar-refractivity contribution in [2.24, 2.45) is 5.73 Å². The number of nitrogens with one attached hydrogen (secondary N) is 1. The highest BCUT2D eigenvalue weighted by Crippen LogP contribution is 2.31. The van der Waals surface area contributed by atoms with Crippen molar-refractivity contribution in [3.05, 3.63) is 36.5 Å². The molecule has 0 unspecified atom stereocenters. The van der Waals surface area contributed by atoms with Gasteiger partial charge in [-0.2, -0.15) is 0 Å². The fourth-order valence-corrected chi connectivity index (χ4v) is 3.47. The molecule has 2 aromatic heterocycles. The monoisotopic (exact) mass is 337 g/mol. The van der Waals surface area contributed by atoms with E-state index in [0.29, 0.717) is 29.2 Å². The first kappa shape index (κ1) is 15.7. The average molecular weight is 337 g/mol. The molecule has 0 radical (unpaired) electrons. The molecular formula is C18H23N7. The van der Waals surface area contributed by atoms with Gasteiger partial charge in [0.25, 0.3) is 0 Å². The van der Waals surface area contributed by atoms with Gasteiger partial charge in [-0.15, -0.1) is 5.10 Å². The lowest BCUT2D eigenvalue weighted by molar-refractivity contribution is 0.411. The molecule has 1 aliphatic rings. The van der Waals surface area contributed by atoms with Crippen molar-refractivity contribution in [1.29, 1.82) is 0 Å². The fraction of sp³-hybridized carbons (Fsp3) is 0.333. The Kier molecular flexibility index (Phi) is 3.93. The fourth-order valence-electron chi connectivity index (χ4n) is 3.47. The topological polar surface area (TPSA) is 120 Å². The van der Waals surface area contributed by atoms with Crippen molar-refractivity contribution >= 4 is 22.8 Å². The number of fused-ring (bicyclic) bond motifs is 1. The zero-order chi connectivity index (χ0) is 17.4. The number of imidazole rings is 1. The molecule has 3 aromatic rings. The summed E-state index contributed by atoms with van der Waals surface area (Å²) in [6, 6.07) is 10.6. The summed E-state index contributed by atoms with van der Waals surface area (Å²) in [5.41, 5.74) is 21.9. The van der Waals surface area contributed by atoms with Gasteiger partial charge in [-0.1, -0.05) is 18.2 Å². The van der Waals surface area contributed by atoms with Crippen molar-refractivity contribution in [3.63, 3.8) is 0 Å². The van der Waals surface area contributed by atoms with E-state index < -0.39 is 0 Å². The van der Waals surface area contributed by atoms with Gasteiger partial charge in [-0.25, -0.2) is 9.50 Å². The Morgan fingerprint density at radius 3 is 2.64 bits per heavy atom. The second-order valence-corrected chi connectivity index (χ2v) is 6.72. The van der Waals surface area contributed by atoms with Crippen LogP contribution in [0.5, 0.6) is 0 Å². The minimum atomic E-state index is 0.339. The van der Waals surface area contributed by atoms with Crippen LogP contribution >= 0.6 is 0 Å². The van der Waals surface area contributed by atoms with Gasteiger partial charge < -0.3 is 22.5 Å². The van der Waals surface area contributed by atoms with E-state index in [1.165, 1.54) is 0 Å².